The quantitative estimate of drug-likeness (QED) is 0.207. The third-order valence-corrected chi connectivity index (χ3v) is 7.32. The van der Waals surface area contributed by atoms with Crippen molar-refractivity contribution in [3.8, 4) is 0 Å². The Morgan fingerprint density at radius 1 is 1.00 bits per heavy atom. The summed E-state index contributed by atoms with van der Waals surface area (Å²) in [6, 6.07) is 9.39. The van der Waals surface area contributed by atoms with Gasteiger partial charge in [0.15, 0.2) is 0 Å². The molecule has 0 saturated carbocycles. The zero-order chi connectivity index (χ0) is 33.6. The molecule has 3 N–H and O–H groups in total. The number of carbonyl (C=O) groups is 3. The molecule has 2 heterocycles. The lowest BCUT2D eigenvalue weighted by molar-refractivity contribution is -0.141. The molecule has 244 valence electrons. The molecule has 1 aliphatic heterocycles. The second kappa shape index (κ2) is 14.2. The van der Waals surface area contributed by atoms with Gasteiger partial charge < -0.3 is 20.6 Å². The number of aromatic nitrogens is 2. The Labute approximate surface area is 263 Å². The van der Waals surface area contributed by atoms with Crippen LogP contribution in [0.15, 0.2) is 66.5 Å². The summed E-state index contributed by atoms with van der Waals surface area (Å²) in [7, 11) is 0. The number of anilines is 1. The van der Waals surface area contributed by atoms with Crippen molar-refractivity contribution < 1.29 is 45.8 Å². The molecule has 1 atom stereocenters. The fourth-order valence-electron chi connectivity index (χ4n) is 4.66. The molecule has 0 spiro atoms. The normalized spacial score (nSPS) is 15.3. The van der Waals surface area contributed by atoms with Gasteiger partial charge in [-0.05, 0) is 60.4 Å². The number of rotatable bonds is 9. The van der Waals surface area contributed by atoms with E-state index in [1.807, 2.05) is 0 Å². The van der Waals surface area contributed by atoms with Crippen LogP contribution in [0.5, 0.6) is 0 Å². The molecule has 1 fully saturated rings. The number of hydrogen-bond acceptors (Lipinski definition) is 6. The van der Waals surface area contributed by atoms with E-state index >= 15 is 0 Å². The second-order valence-corrected chi connectivity index (χ2v) is 10.8. The largest absolute Gasteiger partial charge is 0.480 e. The molecule has 2 amide bonds. The summed E-state index contributed by atoms with van der Waals surface area (Å²) in [6.07, 6.45) is -7.32. The van der Waals surface area contributed by atoms with Crippen LogP contribution in [-0.4, -0.2) is 52.0 Å². The van der Waals surface area contributed by atoms with Crippen LogP contribution in [0.3, 0.4) is 0 Å². The second-order valence-electron chi connectivity index (χ2n) is 10.4. The molecule has 1 saturated heterocycles. The first-order valence-electron chi connectivity index (χ1n) is 13.7. The molecule has 16 heteroatoms. The van der Waals surface area contributed by atoms with Gasteiger partial charge >= 0.3 is 18.3 Å². The number of alkyl halides is 6. The highest BCUT2D eigenvalue weighted by Crippen LogP contribution is 2.31. The van der Waals surface area contributed by atoms with Crippen molar-refractivity contribution in [1.29, 1.82) is 0 Å². The smallest absolute Gasteiger partial charge is 0.433 e. The monoisotopic (exact) mass is 669 g/mol. The SMILES string of the molecule is O=C(N[C@@H](Cc1ccc(Cl)cc1)C(=O)O)/C(=C\c1cccc(C(F)(F)F)c1)NC(=O)C1CCN(c2nccc(C(F)(F)F)n2)CC1. The van der Waals surface area contributed by atoms with Crippen LogP contribution in [0.2, 0.25) is 5.02 Å². The number of carboxylic acid groups (broad SMARTS) is 1. The van der Waals surface area contributed by atoms with Crippen LogP contribution in [0.4, 0.5) is 32.3 Å². The van der Waals surface area contributed by atoms with Crippen LogP contribution >= 0.6 is 11.6 Å². The number of nitrogens with zero attached hydrogens (tertiary/aromatic N) is 3. The Morgan fingerprint density at radius 3 is 2.28 bits per heavy atom. The van der Waals surface area contributed by atoms with Crippen LogP contribution < -0.4 is 15.5 Å². The molecule has 4 rings (SSSR count). The van der Waals surface area contributed by atoms with Crippen LogP contribution in [-0.2, 0) is 33.2 Å². The lowest BCUT2D eigenvalue weighted by atomic mass is 9.96. The number of carbonyl (C=O) groups excluding carboxylic acids is 2. The number of amides is 2. The molecule has 46 heavy (non-hydrogen) atoms. The van der Waals surface area contributed by atoms with Crippen molar-refractivity contribution in [3.05, 3.63) is 93.9 Å². The van der Waals surface area contributed by atoms with Gasteiger partial charge in [0, 0.05) is 36.6 Å². The van der Waals surface area contributed by atoms with E-state index in [9.17, 15) is 45.8 Å². The number of aliphatic carboxylic acids is 1. The average Bonchev–Trinajstić information content (AvgIpc) is 3.00. The van der Waals surface area contributed by atoms with Crippen molar-refractivity contribution in [2.75, 3.05) is 18.0 Å². The van der Waals surface area contributed by atoms with E-state index in [0.717, 1.165) is 36.5 Å². The summed E-state index contributed by atoms with van der Waals surface area (Å²) in [5, 5.41) is 14.9. The summed E-state index contributed by atoms with van der Waals surface area (Å²) in [6.45, 7) is 0.195. The highest BCUT2D eigenvalue weighted by Gasteiger charge is 2.35. The van der Waals surface area contributed by atoms with E-state index in [1.165, 1.54) is 23.1 Å². The van der Waals surface area contributed by atoms with E-state index in [2.05, 4.69) is 20.6 Å². The van der Waals surface area contributed by atoms with E-state index in [4.69, 9.17) is 11.6 Å². The lowest BCUT2D eigenvalue weighted by Crippen LogP contribution is -2.47. The minimum Gasteiger partial charge on any atom is -0.480 e. The summed E-state index contributed by atoms with van der Waals surface area (Å²) >= 11 is 5.87. The molecule has 1 aliphatic rings. The number of benzene rings is 2. The topological polar surface area (TPSA) is 125 Å². The highest BCUT2D eigenvalue weighted by atomic mass is 35.5. The van der Waals surface area contributed by atoms with E-state index < -0.39 is 59.1 Å². The molecule has 1 aromatic heterocycles. The zero-order valence-corrected chi connectivity index (χ0v) is 24.5. The van der Waals surface area contributed by atoms with E-state index in [0.29, 0.717) is 10.6 Å². The third-order valence-electron chi connectivity index (χ3n) is 7.07. The average molecular weight is 670 g/mol. The van der Waals surface area contributed by atoms with Gasteiger partial charge in [0.25, 0.3) is 5.91 Å². The molecule has 0 unspecified atom stereocenters. The molecule has 9 nitrogen and oxygen atoms in total. The fraction of sp³-hybridized carbons (Fsp3) is 0.300. The molecule has 3 aromatic rings. The molecular formula is C30H26ClF6N5O4. The third kappa shape index (κ3) is 9.19. The maximum atomic E-state index is 13.3. The number of nitrogens with one attached hydrogen (secondary N) is 2. The Bertz CT molecular complexity index is 1610. The summed E-state index contributed by atoms with van der Waals surface area (Å²) in [5.74, 6) is -4.08. The van der Waals surface area contributed by atoms with Gasteiger partial charge in [0.1, 0.15) is 17.4 Å². The predicted octanol–water partition coefficient (Wildman–Crippen LogP) is 5.35. The van der Waals surface area contributed by atoms with Gasteiger partial charge in [0.05, 0.1) is 5.56 Å². The van der Waals surface area contributed by atoms with Crippen molar-refractivity contribution in [1.82, 2.24) is 20.6 Å². The Kier molecular flexibility index (Phi) is 10.6. The summed E-state index contributed by atoms with van der Waals surface area (Å²) in [4.78, 5) is 47.5. The van der Waals surface area contributed by atoms with Crippen molar-refractivity contribution in [2.24, 2.45) is 5.92 Å². The summed E-state index contributed by atoms with van der Waals surface area (Å²) in [5.41, 5.74) is -2.22. The van der Waals surface area contributed by atoms with Crippen LogP contribution in [0.25, 0.3) is 6.08 Å². The molecular weight excluding hydrogens is 644 g/mol. The minimum atomic E-state index is -4.69. The van der Waals surface area contributed by atoms with Gasteiger partial charge in [-0.15, -0.1) is 0 Å². The fourth-order valence-corrected chi connectivity index (χ4v) is 4.78. The number of carboxylic acids is 1. The number of halogens is 7. The standard InChI is InChI=1S/C30H26ClF6N5O4/c31-21-6-4-17(5-7-21)15-23(27(45)46)40-26(44)22(16-18-2-1-3-20(14-18)29(32,33)34)39-25(43)19-9-12-42(13-10-19)28-38-11-8-24(41-28)30(35,36)37/h1-8,11,14,16,19,23H,9-10,12-13,15H2,(H,39,43)(H,40,44)(H,45,46)/b22-16+/t23-/m0/s1. The summed E-state index contributed by atoms with van der Waals surface area (Å²) < 4.78 is 79.2. The molecule has 2 aromatic carbocycles. The Balaban J connectivity index is 1.53. The van der Waals surface area contributed by atoms with E-state index in [1.54, 1.807) is 12.1 Å². The maximum absolute atomic E-state index is 13.3. The minimum absolute atomic E-state index is 0.0960. The first kappa shape index (κ1) is 34.2. The van der Waals surface area contributed by atoms with Crippen molar-refractivity contribution in [3.63, 3.8) is 0 Å². The van der Waals surface area contributed by atoms with Gasteiger partial charge in [-0.3, -0.25) is 9.59 Å². The number of hydrogen-bond donors (Lipinski definition) is 3. The Hall–Kier alpha value is -4.66. The Morgan fingerprint density at radius 2 is 1.67 bits per heavy atom. The molecule has 0 bridgehead atoms. The predicted molar refractivity (Wildman–Crippen MR) is 154 cm³/mol. The van der Waals surface area contributed by atoms with Crippen LogP contribution in [0, 0.1) is 5.92 Å². The van der Waals surface area contributed by atoms with Crippen LogP contribution in [0.1, 0.15) is 35.2 Å². The maximum Gasteiger partial charge on any atom is 0.433 e. The lowest BCUT2D eigenvalue weighted by Gasteiger charge is -2.31. The highest BCUT2D eigenvalue weighted by molar-refractivity contribution is 6.30. The first-order chi connectivity index (χ1) is 21.6. The van der Waals surface area contributed by atoms with Crippen molar-refractivity contribution >= 4 is 41.4 Å². The van der Waals surface area contributed by atoms with Gasteiger partial charge in [0.2, 0.25) is 11.9 Å². The molecule has 0 radical (unpaired) electrons. The van der Waals surface area contributed by atoms with Crippen molar-refractivity contribution in [2.45, 2.75) is 37.7 Å². The van der Waals surface area contributed by atoms with Gasteiger partial charge in [-0.1, -0.05) is 35.9 Å². The zero-order valence-electron chi connectivity index (χ0n) is 23.7. The molecule has 0 aliphatic carbocycles. The van der Waals surface area contributed by atoms with Gasteiger partial charge in [-0.2, -0.15) is 26.3 Å². The van der Waals surface area contributed by atoms with Gasteiger partial charge in [-0.25, -0.2) is 14.8 Å². The number of piperidine rings is 1. The first-order valence-corrected chi connectivity index (χ1v) is 14.1. The van der Waals surface area contributed by atoms with E-state index in [-0.39, 0.29) is 43.9 Å².